The molecule has 0 aromatic heterocycles. The molecule has 0 N–H and O–H groups in total. The third-order valence-corrected chi connectivity index (χ3v) is 4.81. The van der Waals surface area contributed by atoms with Crippen LogP contribution in [0, 0.1) is 0 Å². The van der Waals surface area contributed by atoms with Crippen LogP contribution in [0.3, 0.4) is 0 Å². The van der Waals surface area contributed by atoms with E-state index in [1.165, 1.54) is 11.6 Å². The van der Waals surface area contributed by atoms with Crippen LogP contribution < -0.4 is 23.7 Å². The number of carbonyl (C=O) groups excluding carboxylic acids is 1. The van der Waals surface area contributed by atoms with E-state index in [1.807, 2.05) is 32.0 Å². The summed E-state index contributed by atoms with van der Waals surface area (Å²) >= 11 is 0. The molecule has 0 bridgehead atoms. The molecule has 30 heavy (non-hydrogen) atoms. The summed E-state index contributed by atoms with van der Waals surface area (Å²) in [7, 11) is 1.57. The number of ether oxygens (including phenoxy) is 5. The molecule has 6 heteroatoms. The Bertz CT molecular complexity index is 1050. The summed E-state index contributed by atoms with van der Waals surface area (Å²) in [5.74, 6) is 2.65. The highest BCUT2D eigenvalue weighted by atomic mass is 16.7. The molecule has 2 heterocycles. The average Bonchev–Trinajstić information content (AvgIpc) is 3.34. The zero-order valence-corrected chi connectivity index (χ0v) is 17.5. The van der Waals surface area contributed by atoms with Gasteiger partial charge in [0.2, 0.25) is 18.8 Å². The third-order valence-electron chi connectivity index (χ3n) is 4.81. The van der Waals surface area contributed by atoms with Gasteiger partial charge < -0.3 is 23.7 Å². The van der Waals surface area contributed by atoms with Gasteiger partial charge in [-0.1, -0.05) is 17.7 Å². The van der Waals surface area contributed by atoms with Crippen molar-refractivity contribution in [3.05, 3.63) is 58.7 Å². The van der Waals surface area contributed by atoms with Crippen LogP contribution in [0.5, 0.6) is 28.7 Å². The van der Waals surface area contributed by atoms with Crippen LogP contribution in [-0.2, 0) is 6.42 Å². The number of ketones is 1. The molecular formula is C24H24O6. The summed E-state index contributed by atoms with van der Waals surface area (Å²) in [6.45, 7) is 6.05. The highest BCUT2D eigenvalue weighted by Gasteiger charge is 2.27. The van der Waals surface area contributed by atoms with Crippen molar-refractivity contribution in [3.63, 3.8) is 0 Å². The number of benzene rings is 2. The van der Waals surface area contributed by atoms with Crippen molar-refractivity contribution in [2.75, 3.05) is 13.9 Å². The Morgan fingerprint density at radius 3 is 2.70 bits per heavy atom. The first-order valence-corrected chi connectivity index (χ1v) is 9.78. The monoisotopic (exact) mass is 408 g/mol. The molecule has 4 rings (SSSR count). The van der Waals surface area contributed by atoms with E-state index in [4.69, 9.17) is 23.7 Å². The number of carbonyl (C=O) groups is 1. The molecule has 0 fully saturated rings. The second kappa shape index (κ2) is 8.14. The van der Waals surface area contributed by atoms with Gasteiger partial charge in [-0.25, -0.2) is 0 Å². The van der Waals surface area contributed by atoms with Gasteiger partial charge in [-0.2, -0.15) is 0 Å². The van der Waals surface area contributed by atoms with Crippen LogP contribution in [0.15, 0.2) is 42.0 Å². The predicted octanol–water partition coefficient (Wildman–Crippen LogP) is 4.95. The van der Waals surface area contributed by atoms with Gasteiger partial charge in [-0.3, -0.25) is 4.79 Å². The maximum Gasteiger partial charge on any atom is 0.238 e. The number of hydrogen-bond acceptors (Lipinski definition) is 6. The number of hydrogen-bond donors (Lipinski definition) is 0. The lowest BCUT2D eigenvalue weighted by atomic mass is 10.0. The van der Waals surface area contributed by atoms with Gasteiger partial charge in [0.05, 0.1) is 12.7 Å². The maximum atomic E-state index is 13.0. The summed E-state index contributed by atoms with van der Waals surface area (Å²) in [5.41, 5.74) is 3.46. The normalized spacial score (nSPS) is 16.1. The van der Waals surface area contributed by atoms with E-state index in [-0.39, 0.29) is 12.6 Å². The highest BCUT2D eigenvalue weighted by Crippen LogP contribution is 2.42. The van der Waals surface area contributed by atoms with Crippen molar-refractivity contribution in [2.24, 2.45) is 0 Å². The van der Waals surface area contributed by atoms with E-state index in [1.54, 1.807) is 26.2 Å². The molecule has 6 nitrogen and oxygen atoms in total. The van der Waals surface area contributed by atoms with E-state index in [9.17, 15) is 4.79 Å². The fourth-order valence-electron chi connectivity index (χ4n) is 3.37. The lowest BCUT2D eigenvalue weighted by Gasteiger charge is -2.07. The number of allylic oxidation sites excluding steroid dienone is 3. The smallest absolute Gasteiger partial charge is 0.238 e. The second-order valence-corrected chi connectivity index (χ2v) is 7.41. The first-order chi connectivity index (χ1) is 14.4. The Labute approximate surface area is 175 Å². The quantitative estimate of drug-likeness (QED) is 0.383. The molecule has 0 radical (unpaired) electrons. The maximum absolute atomic E-state index is 13.0. The molecule has 1 unspecified atom stereocenters. The number of methoxy groups -OCH3 is 1. The second-order valence-electron chi connectivity index (χ2n) is 7.41. The van der Waals surface area contributed by atoms with Crippen LogP contribution in [0.25, 0.3) is 6.08 Å². The lowest BCUT2D eigenvalue weighted by Crippen LogP contribution is -2.12. The van der Waals surface area contributed by atoms with Gasteiger partial charge in [0.15, 0.2) is 28.8 Å². The molecule has 2 aliphatic rings. The minimum atomic E-state index is -0.424. The highest BCUT2D eigenvalue weighted by molar-refractivity contribution is 6.09. The minimum Gasteiger partial charge on any atom is -0.493 e. The SMILES string of the molecule is COc1cc(/C=C/C(=O)c2cc(CC=C(C)C)cc3c2OC(C)O3)cc2c1OCO2. The van der Waals surface area contributed by atoms with Crippen molar-refractivity contribution >= 4 is 11.9 Å². The molecule has 2 aromatic carbocycles. The molecule has 1 atom stereocenters. The number of rotatable bonds is 6. The zero-order valence-electron chi connectivity index (χ0n) is 17.5. The summed E-state index contributed by atoms with van der Waals surface area (Å²) in [6.07, 6.45) is 5.65. The van der Waals surface area contributed by atoms with E-state index < -0.39 is 6.29 Å². The lowest BCUT2D eigenvalue weighted by molar-refractivity contribution is 0.0672. The van der Waals surface area contributed by atoms with E-state index in [0.29, 0.717) is 34.3 Å². The van der Waals surface area contributed by atoms with Crippen LogP contribution in [0.1, 0.15) is 42.3 Å². The van der Waals surface area contributed by atoms with Crippen molar-refractivity contribution in [3.8, 4) is 28.7 Å². The summed E-state index contributed by atoms with van der Waals surface area (Å²) in [4.78, 5) is 13.0. The van der Waals surface area contributed by atoms with Gasteiger partial charge in [0.1, 0.15) is 0 Å². The van der Waals surface area contributed by atoms with Gasteiger partial charge >= 0.3 is 0 Å². The molecule has 0 spiro atoms. The topological polar surface area (TPSA) is 63.2 Å². The van der Waals surface area contributed by atoms with Crippen LogP contribution in [-0.4, -0.2) is 26.0 Å². The first-order valence-electron chi connectivity index (χ1n) is 9.78. The molecule has 2 aliphatic heterocycles. The first kappa shape index (κ1) is 19.9. The standard InChI is InChI=1S/C24H24O6/c1-14(2)5-6-16-9-18(23-22(12-16)29-15(3)30-23)19(25)8-7-17-10-20(26-4)24-21(11-17)27-13-28-24/h5,7-12,15H,6,13H2,1-4H3/b8-7+. The van der Waals surface area contributed by atoms with Crippen molar-refractivity contribution in [1.29, 1.82) is 0 Å². The van der Waals surface area contributed by atoms with E-state index in [2.05, 4.69) is 6.08 Å². The fraction of sp³-hybridized carbons (Fsp3) is 0.292. The van der Waals surface area contributed by atoms with Crippen LogP contribution in [0.2, 0.25) is 0 Å². The predicted molar refractivity (Wildman–Crippen MR) is 113 cm³/mol. The summed E-state index contributed by atoms with van der Waals surface area (Å²) < 4.78 is 27.7. The van der Waals surface area contributed by atoms with Gasteiger partial charge in [-0.05, 0) is 61.7 Å². The van der Waals surface area contributed by atoms with Crippen molar-refractivity contribution in [1.82, 2.24) is 0 Å². The zero-order chi connectivity index (χ0) is 21.3. The Morgan fingerprint density at radius 1 is 1.10 bits per heavy atom. The molecule has 0 amide bonds. The molecule has 0 saturated heterocycles. The van der Waals surface area contributed by atoms with Crippen LogP contribution in [0.4, 0.5) is 0 Å². The Hall–Kier alpha value is -3.41. The van der Waals surface area contributed by atoms with Gasteiger partial charge in [0, 0.05) is 6.92 Å². The Balaban J connectivity index is 1.64. The molecule has 0 aliphatic carbocycles. The number of fused-ring (bicyclic) bond motifs is 2. The average molecular weight is 408 g/mol. The van der Waals surface area contributed by atoms with Crippen molar-refractivity contribution < 1.29 is 28.5 Å². The Kier molecular flexibility index (Phi) is 5.40. The molecular weight excluding hydrogens is 384 g/mol. The summed E-state index contributed by atoms with van der Waals surface area (Å²) in [5, 5.41) is 0. The van der Waals surface area contributed by atoms with E-state index >= 15 is 0 Å². The van der Waals surface area contributed by atoms with E-state index in [0.717, 1.165) is 17.5 Å². The van der Waals surface area contributed by atoms with Gasteiger partial charge in [0.25, 0.3) is 0 Å². The summed E-state index contributed by atoms with van der Waals surface area (Å²) in [6, 6.07) is 7.41. The largest absolute Gasteiger partial charge is 0.493 e. The van der Waals surface area contributed by atoms with Gasteiger partial charge in [-0.15, -0.1) is 0 Å². The van der Waals surface area contributed by atoms with Crippen LogP contribution >= 0.6 is 0 Å². The Morgan fingerprint density at radius 2 is 1.93 bits per heavy atom. The molecule has 156 valence electrons. The van der Waals surface area contributed by atoms with Crippen molar-refractivity contribution in [2.45, 2.75) is 33.5 Å². The molecule has 0 saturated carbocycles. The molecule has 2 aromatic rings. The fourth-order valence-corrected chi connectivity index (χ4v) is 3.37. The minimum absolute atomic E-state index is 0.151. The third kappa shape index (κ3) is 3.99.